The van der Waals surface area contributed by atoms with E-state index < -0.39 is 23.4 Å². The van der Waals surface area contributed by atoms with Crippen molar-refractivity contribution in [2.75, 3.05) is 46.4 Å². The van der Waals surface area contributed by atoms with Crippen molar-refractivity contribution < 1.29 is 19.1 Å². The molecular formula is C21H29N5O4. The second-order valence-electron chi connectivity index (χ2n) is 8.04. The molecule has 0 aliphatic carbocycles. The van der Waals surface area contributed by atoms with Crippen LogP contribution in [0.2, 0.25) is 0 Å². The Morgan fingerprint density at radius 2 is 1.83 bits per heavy atom. The van der Waals surface area contributed by atoms with E-state index in [0.29, 0.717) is 31.0 Å². The Hall–Kier alpha value is -2.91. The zero-order valence-corrected chi connectivity index (χ0v) is 17.7. The maximum atomic E-state index is 13.0. The van der Waals surface area contributed by atoms with Crippen LogP contribution in [0.5, 0.6) is 5.75 Å². The Balaban J connectivity index is 1.63. The molecule has 2 aliphatic rings. The molecular weight excluding hydrogens is 386 g/mol. The molecule has 0 bridgehead atoms. The molecule has 2 heterocycles. The fourth-order valence-corrected chi connectivity index (χ4v) is 3.40. The summed E-state index contributed by atoms with van der Waals surface area (Å²) in [6.45, 7) is 10.4. The van der Waals surface area contributed by atoms with Crippen LogP contribution in [-0.4, -0.2) is 79.0 Å². The number of ether oxygens (including phenoxy) is 1. The van der Waals surface area contributed by atoms with Gasteiger partial charge in [-0.1, -0.05) is 18.7 Å². The van der Waals surface area contributed by atoms with Gasteiger partial charge in [-0.25, -0.2) is 9.80 Å². The molecule has 3 rings (SSSR count). The monoisotopic (exact) mass is 415 g/mol. The SMILES string of the molecule is C=C(C)COc1ccc(C2(C)NC(=O)N(CC(=O)NN3CCN(C)CC3)C2=O)cc1. The molecule has 2 saturated heterocycles. The summed E-state index contributed by atoms with van der Waals surface area (Å²) in [5, 5.41) is 4.52. The van der Waals surface area contributed by atoms with Crippen molar-refractivity contribution in [1.82, 2.24) is 25.6 Å². The maximum absolute atomic E-state index is 13.0. The first kappa shape index (κ1) is 21.8. The molecule has 0 spiro atoms. The average molecular weight is 415 g/mol. The number of carbonyl (C=O) groups excluding carboxylic acids is 3. The van der Waals surface area contributed by atoms with Crippen molar-refractivity contribution in [3.8, 4) is 5.75 Å². The number of piperazine rings is 1. The predicted octanol–water partition coefficient (Wildman–Crippen LogP) is 0.687. The van der Waals surface area contributed by atoms with E-state index in [1.54, 1.807) is 31.2 Å². The molecule has 1 unspecified atom stereocenters. The third-order valence-electron chi connectivity index (χ3n) is 5.28. The summed E-state index contributed by atoms with van der Waals surface area (Å²) >= 11 is 0. The van der Waals surface area contributed by atoms with Crippen LogP contribution >= 0.6 is 0 Å². The average Bonchev–Trinajstić information content (AvgIpc) is 2.92. The largest absolute Gasteiger partial charge is 0.489 e. The molecule has 30 heavy (non-hydrogen) atoms. The Morgan fingerprint density at radius 3 is 2.43 bits per heavy atom. The highest BCUT2D eigenvalue weighted by Gasteiger charge is 2.49. The number of carbonyl (C=O) groups is 3. The number of amides is 4. The van der Waals surface area contributed by atoms with Gasteiger partial charge in [0, 0.05) is 26.2 Å². The van der Waals surface area contributed by atoms with E-state index in [1.807, 2.05) is 19.0 Å². The molecule has 2 N–H and O–H groups in total. The van der Waals surface area contributed by atoms with Gasteiger partial charge in [0.25, 0.3) is 11.8 Å². The minimum absolute atomic E-state index is 0.327. The fraction of sp³-hybridized carbons (Fsp3) is 0.476. The third kappa shape index (κ3) is 4.80. The number of hydrogen-bond donors (Lipinski definition) is 2. The molecule has 4 amide bonds. The number of nitrogens with zero attached hydrogens (tertiary/aromatic N) is 3. The van der Waals surface area contributed by atoms with Gasteiger partial charge in [-0.05, 0) is 44.2 Å². The van der Waals surface area contributed by atoms with Gasteiger partial charge >= 0.3 is 6.03 Å². The first-order valence-corrected chi connectivity index (χ1v) is 9.94. The summed E-state index contributed by atoms with van der Waals surface area (Å²) in [6, 6.07) is 6.37. The van der Waals surface area contributed by atoms with Crippen LogP contribution in [0.15, 0.2) is 36.4 Å². The Bertz CT molecular complexity index is 832. The van der Waals surface area contributed by atoms with Crippen LogP contribution in [0.1, 0.15) is 19.4 Å². The molecule has 9 nitrogen and oxygen atoms in total. The summed E-state index contributed by atoms with van der Waals surface area (Å²) in [5.41, 5.74) is 3.05. The molecule has 2 aliphatic heterocycles. The number of hydrazine groups is 1. The van der Waals surface area contributed by atoms with Crippen LogP contribution in [0.4, 0.5) is 4.79 Å². The van der Waals surface area contributed by atoms with E-state index >= 15 is 0 Å². The quantitative estimate of drug-likeness (QED) is 0.503. The van der Waals surface area contributed by atoms with Crippen molar-refractivity contribution in [3.05, 3.63) is 42.0 Å². The van der Waals surface area contributed by atoms with Gasteiger partial charge < -0.3 is 15.0 Å². The van der Waals surface area contributed by atoms with Crippen LogP contribution in [-0.2, 0) is 15.1 Å². The standard InChI is InChI=1S/C21H29N5O4/c1-15(2)14-30-17-7-5-16(6-8-17)21(3)19(28)26(20(29)22-21)13-18(27)23-25-11-9-24(4)10-12-25/h5-8H,1,9-14H2,2-4H3,(H,22,29)(H,23,27). The number of rotatable bonds is 7. The zero-order chi connectivity index (χ0) is 21.9. The molecule has 0 saturated carbocycles. The van der Waals surface area contributed by atoms with E-state index in [4.69, 9.17) is 4.74 Å². The molecule has 1 atom stereocenters. The third-order valence-corrected chi connectivity index (χ3v) is 5.28. The first-order valence-electron chi connectivity index (χ1n) is 9.94. The predicted molar refractivity (Wildman–Crippen MR) is 112 cm³/mol. The number of urea groups is 1. The van der Waals surface area contributed by atoms with Gasteiger partial charge in [0.1, 0.15) is 24.4 Å². The normalized spacial score (nSPS) is 22.7. The number of hydrogen-bond acceptors (Lipinski definition) is 6. The minimum Gasteiger partial charge on any atom is -0.489 e. The van der Waals surface area contributed by atoms with Gasteiger partial charge in [0.15, 0.2) is 0 Å². The minimum atomic E-state index is -1.24. The van der Waals surface area contributed by atoms with E-state index in [1.165, 1.54) is 0 Å². The molecule has 1 aromatic rings. The van der Waals surface area contributed by atoms with Crippen LogP contribution in [0.25, 0.3) is 0 Å². The number of likely N-dealkylation sites (N-methyl/N-ethyl adjacent to an activating group) is 1. The lowest BCUT2D eigenvalue weighted by molar-refractivity contribution is -0.136. The Morgan fingerprint density at radius 1 is 1.20 bits per heavy atom. The Kier molecular flexibility index (Phi) is 6.42. The molecule has 2 fully saturated rings. The Labute approximate surface area is 176 Å². The number of imide groups is 1. The highest BCUT2D eigenvalue weighted by atomic mass is 16.5. The summed E-state index contributed by atoms with van der Waals surface area (Å²) in [4.78, 5) is 41.0. The van der Waals surface area contributed by atoms with Gasteiger partial charge in [0.2, 0.25) is 0 Å². The number of benzene rings is 1. The van der Waals surface area contributed by atoms with Gasteiger partial charge in [-0.3, -0.25) is 19.9 Å². The lowest BCUT2D eigenvalue weighted by Gasteiger charge is -2.32. The lowest BCUT2D eigenvalue weighted by atomic mass is 9.92. The summed E-state index contributed by atoms with van der Waals surface area (Å²) in [5.74, 6) is -0.210. The van der Waals surface area contributed by atoms with E-state index in [-0.39, 0.29) is 6.54 Å². The second-order valence-corrected chi connectivity index (χ2v) is 8.04. The second kappa shape index (κ2) is 8.85. The van der Waals surface area contributed by atoms with Crippen molar-refractivity contribution in [2.45, 2.75) is 19.4 Å². The highest BCUT2D eigenvalue weighted by molar-refractivity contribution is 6.09. The highest BCUT2D eigenvalue weighted by Crippen LogP contribution is 2.30. The van der Waals surface area contributed by atoms with E-state index in [0.717, 1.165) is 23.6 Å². The van der Waals surface area contributed by atoms with Crippen molar-refractivity contribution in [2.24, 2.45) is 0 Å². The van der Waals surface area contributed by atoms with Gasteiger partial charge in [-0.15, -0.1) is 0 Å². The summed E-state index contributed by atoms with van der Waals surface area (Å²) in [6.07, 6.45) is 0. The fourth-order valence-electron chi connectivity index (χ4n) is 3.40. The van der Waals surface area contributed by atoms with Crippen molar-refractivity contribution in [1.29, 1.82) is 0 Å². The van der Waals surface area contributed by atoms with Crippen molar-refractivity contribution >= 4 is 17.8 Å². The summed E-state index contributed by atoms with van der Waals surface area (Å²) in [7, 11) is 2.02. The lowest BCUT2D eigenvalue weighted by Crippen LogP contribution is -2.54. The maximum Gasteiger partial charge on any atom is 0.325 e. The number of nitrogens with one attached hydrogen (secondary N) is 2. The molecule has 0 radical (unpaired) electrons. The first-order chi connectivity index (χ1) is 14.2. The molecule has 1 aromatic carbocycles. The molecule has 9 heteroatoms. The molecule has 162 valence electrons. The van der Waals surface area contributed by atoms with E-state index in [2.05, 4.69) is 22.2 Å². The zero-order valence-electron chi connectivity index (χ0n) is 17.7. The smallest absolute Gasteiger partial charge is 0.325 e. The molecule has 0 aromatic heterocycles. The van der Waals surface area contributed by atoms with Crippen LogP contribution in [0, 0.1) is 0 Å². The van der Waals surface area contributed by atoms with E-state index in [9.17, 15) is 14.4 Å². The van der Waals surface area contributed by atoms with Crippen molar-refractivity contribution in [3.63, 3.8) is 0 Å². The summed E-state index contributed by atoms with van der Waals surface area (Å²) < 4.78 is 5.58. The van der Waals surface area contributed by atoms with Gasteiger partial charge in [0.05, 0.1) is 0 Å². The topological polar surface area (TPSA) is 94.2 Å². The van der Waals surface area contributed by atoms with Crippen LogP contribution < -0.4 is 15.5 Å². The van der Waals surface area contributed by atoms with Crippen LogP contribution in [0.3, 0.4) is 0 Å². The van der Waals surface area contributed by atoms with Gasteiger partial charge in [-0.2, -0.15) is 0 Å².